The monoisotopic (exact) mass is 540 g/mol. The van der Waals surface area contributed by atoms with Crippen LogP contribution in [0.1, 0.15) is 76.2 Å². The molecule has 0 saturated carbocycles. The van der Waals surface area contributed by atoms with Gasteiger partial charge >= 0.3 is 5.97 Å². The third-order valence-electron chi connectivity index (χ3n) is 7.89. The number of carboxylic acids is 1. The third-order valence-corrected chi connectivity index (χ3v) is 7.89. The maximum atomic E-state index is 13.7. The number of aliphatic carboxylic acids is 1. The molecule has 2 N–H and O–H groups in total. The number of alkyl halides is 1. The van der Waals surface area contributed by atoms with Crippen LogP contribution in [-0.4, -0.2) is 73.6 Å². The highest BCUT2D eigenvalue weighted by atomic mass is 19.1. The van der Waals surface area contributed by atoms with Crippen LogP contribution in [-0.2, 0) is 11.3 Å². The van der Waals surface area contributed by atoms with Crippen molar-refractivity contribution in [2.24, 2.45) is 0 Å². The van der Waals surface area contributed by atoms with Gasteiger partial charge in [0.2, 0.25) is 5.95 Å². The fraction of sp³-hybridized carbons (Fsp3) is 0.679. The van der Waals surface area contributed by atoms with Crippen LogP contribution in [0, 0.1) is 18.3 Å². The van der Waals surface area contributed by atoms with Gasteiger partial charge in [-0.3, -0.25) is 14.4 Å². The number of aromatic nitrogens is 4. The summed E-state index contributed by atoms with van der Waals surface area (Å²) in [6.07, 6.45) is 13.9. The molecule has 0 bridgehead atoms. The first-order valence-electron chi connectivity index (χ1n) is 14.2. The molecule has 2 fully saturated rings. The second kappa shape index (κ2) is 13.7. The first-order valence-corrected chi connectivity index (χ1v) is 14.2. The molecular formula is C28H41FN8O2. The molecule has 2 aromatic heterocycles. The van der Waals surface area contributed by atoms with Crippen molar-refractivity contribution in [2.45, 2.75) is 95.8 Å². The average molecular weight is 541 g/mol. The summed E-state index contributed by atoms with van der Waals surface area (Å²) in [5.74, 6) is 0.658. The topological polar surface area (TPSA) is 123 Å². The van der Waals surface area contributed by atoms with E-state index in [9.17, 15) is 14.4 Å². The number of halogens is 1. The molecule has 39 heavy (non-hydrogen) atoms. The molecule has 0 spiro atoms. The molecule has 10 nitrogen and oxygen atoms in total. The molecule has 212 valence electrons. The quantitative estimate of drug-likeness (QED) is 0.306. The van der Waals surface area contributed by atoms with E-state index in [2.05, 4.69) is 31.3 Å². The maximum absolute atomic E-state index is 13.7. The van der Waals surface area contributed by atoms with E-state index in [1.807, 2.05) is 24.0 Å². The maximum Gasteiger partial charge on any atom is 0.303 e. The molecule has 0 atom stereocenters. The largest absolute Gasteiger partial charge is 0.481 e. The summed E-state index contributed by atoms with van der Waals surface area (Å²) in [6, 6.07) is 2.35. The van der Waals surface area contributed by atoms with Gasteiger partial charge in [-0.05, 0) is 32.6 Å². The number of rotatable bonds is 15. The van der Waals surface area contributed by atoms with Gasteiger partial charge in [0.15, 0.2) is 0 Å². The molecule has 11 heteroatoms. The average Bonchev–Trinajstić information content (AvgIpc) is 3.33. The minimum Gasteiger partial charge on any atom is -0.481 e. The van der Waals surface area contributed by atoms with Gasteiger partial charge in [0, 0.05) is 57.1 Å². The standard InChI is InChI=1S/C28H41FN8O2/c1-22-17-31-27(33-24-18-32-37(19-24)14-8-6-4-2-3-5-7-9-25(38)39)34-26(22)35-20-28(21-35,12-13-30)36-15-10-23(29)11-16-36/h17-19,23H,2-12,14-16,20-21H2,1H3,(H,38,39)(H,31,33,34). The van der Waals surface area contributed by atoms with Crippen molar-refractivity contribution >= 4 is 23.4 Å². The number of unbranched alkanes of at least 4 members (excludes halogenated alkanes) is 6. The van der Waals surface area contributed by atoms with E-state index in [0.717, 1.165) is 68.6 Å². The van der Waals surface area contributed by atoms with Gasteiger partial charge in [-0.15, -0.1) is 0 Å². The predicted molar refractivity (Wildman–Crippen MR) is 148 cm³/mol. The number of hydrogen-bond donors (Lipinski definition) is 2. The molecule has 0 aromatic carbocycles. The Kier molecular flexibility index (Phi) is 10.1. The van der Waals surface area contributed by atoms with Crippen molar-refractivity contribution in [2.75, 3.05) is 36.4 Å². The number of nitriles is 1. The highest BCUT2D eigenvalue weighted by Gasteiger charge is 2.49. The smallest absolute Gasteiger partial charge is 0.303 e. The minimum atomic E-state index is -0.730. The molecule has 0 unspecified atom stereocenters. The molecule has 2 aliphatic heterocycles. The Balaban J connectivity index is 1.23. The van der Waals surface area contributed by atoms with Crippen LogP contribution in [0.15, 0.2) is 18.6 Å². The van der Waals surface area contributed by atoms with Crippen LogP contribution in [0.5, 0.6) is 0 Å². The van der Waals surface area contributed by atoms with Gasteiger partial charge in [0.1, 0.15) is 12.0 Å². The summed E-state index contributed by atoms with van der Waals surface area (Å²) in [5.41, 5.74) is 1.58. The Bertz CT molecular complexity index is 1120. The predicted octanol–water partition coefficient (Wildman–Crippen LogP) is 4.84. The molecule has 4 heterocycles. The van der Waals surface area contributed by atoms with Crippen molar-refractivity contribution < 1.29 is 14.3 Å². The number of piperidine rings is 1. The van der Waals surface area contributed by atoms with Gasteiger partial charge in [-0.25, -0.2) is 9.37 Å². The number of hydrogen-bond acceptors (Lipinski definition) is 8. The fourth-order valence-electron chi connectivity index (χ4n) is 5.63. The van der Waals surface area contributed by atoms with Gasteiger partial charge < -0.3 is 15.3 Å². The fourth-order valence-corrected chi connectivity index (χ4v) is 5.63. The molecule has 4 rings (SSSR count). The molecule has 2 saturated heterocycles. The van der Waals surface area contributed by atoms with Crippen molar-refractivity contribution in [3.63, 3.8) is 0 Å². The normalized spacial score (nSPS) is 17.5. The SMILES string of the molecule is Cc1cnc(Nc2cnn(CCCCCCCCCC(=O)O)c2)nc1N1CC(CC#N)(N2CCC(F)CC2)C1. The lowest BCUT2D eigenvalue weighted by Gasteiger charge is -2.56. The lowest BCUT2D eigenvalue weighted by atomic mass is 9.83. The Morgan fingerprint density at radius 1 is 1.15 bits per heavy atom. The second-order valence-electron chi connectivity index (χ2n) is 11.0. The van der Waals surface area contributed by atoms with Gasteiger partial charge in [-0.2, -0.15) is 15.3 Å². The van der Waals surface area contributed by atoms with E-state index in [1.165, 1.54) is 0 Å². The van der Waals surface area contributed by atoms with E-state index in [0.29, 0.717) is 51.4 Å². The first-order chi connectivity index (χ1) is 18.9. The van der Waals surface area contributed by atoms with Crippen LogP contribution < -0.4 is 10.2 Å². The van der Waals surface area contributed by atoms with Crippen LogP contribution in [0.2, 0.25) is 0 Å². The first kappa shape index (κ1) is 28.7. The van der Waals surface area contributed by atoms with Crippen LogP contribution in [0.4, 0.5) is 21.8 Å². The molecular weight excluding hydrogens is 499 g/mol. The zero-order valence-electron chi connectivity index (χ0n) is 23.0. The Hall–Kier alpha value is -3.26. The van der Waals surface area contributed by atoms with Gasteiger partial charge in [0.05, 0.1) is 29.9 Å². The van der Waals surface area contributed by atoms with Crippen LogP contribution in [0.3, 0.4) is 0 Å². The minimum absolute atomic E-state index is 0.235. The zero-order valence-corrected chi connectivity index (χ0v) is 23.0. The van der Waals surface area contributed by atoms with Gasteiger partial charge in [-0.1, -0.05) is 32.1 Å². The Morgan fingerprint density at radius 3 is 2.54 bits per heavy atom. The van der Waals surface area contributed by atoms with Crippen molar-refractivity contribution in [3.05, 3.63) is 24.2 Å². The van der Waals surface area contributed by atoms with Crippen LogP contribution in [0.25, 0.3) is 0 Å². The third kappa shape index (κ3) is 7.88. The summed E-state index contributed by atoms with van der Waals surface area (Å²) in [5, 5.41) is 25.9. The van der Waals surface area contributed by atoms with Crippen molar-refractivity contribution in [3.8, 4) is 6.07 Å². The van der Waals surface area contributed by atoms with E-state index in [4.69, 9.17) is 10.1 Å². The highest BCUT2D eigenvalue weighted by molar-refractivity contribution is 5.66. The van der Waals surface area contributed by atoms with Crippen LogP contribution >= 0.6 is 0 Å². The van der Waals surface area contributed by atoms with E-state index >= 15 is 0 Å². The molecule has 2 aliphatic rings. The number of anilines is 3. The second-order valence-corrected chi connectivity index (χ2v) is 11.0. The number of likely N-dealkylation sites (tertiary alicyclic amines) is 1. The number of aryl methyl sites for hydroxylation is 2. The summed E-state index contributed by atoms with van der Waals surface area (Å²) < 4.78 is 15.6. The number of nitrogens with zero attached hydrogens (tertiary/aromatic N) is 7. The number of carbonyl (C=O) groups is 1. The number of carboxylic acid groups (broad SMARTS) is 1. The molecule has 2 aromatic rings. The summed E-state index contributed by atoms with van der Waals surface area (Å²) in [4.78, 5) is 24.3. The van der Waals surface area contributed by atoms with E-state index < -0.39 is 12.1 Å². The zero-order chi connectivity index (χ0) is 27.7. The summed E-state index contributed by atoms with van der Waals surface area (Å²) in [7, 11) is 0. The Morgan fingerprint density at radius 2 is 1.85 bits per heavy atom. The van der Waals surface area contributed by atoms with Crippen molar-refractivity contribution in [1.82, 2.24) is 24.6 Å². The molecule has 0 aliphatic carbocycles. The summed E-state index contributed by atoms with van der Waals surface area (Å²) >= 11 is 0. The van der Waals surface area contributed by atoms with E-state index in [1.54, 1.807) is 6.20 Å². The lowest BCUT2D eigenvalue weighted by Crippen LogP contribution is -2.71. The lowest BCUT2D eigenvalue weighted by molar-refractivity contribution is -0.137. The van der Waals surface area contributed by atoms with E-state index in [-0.39, 0.29) is 12.0 Å². The Labute approximate surface area is 230 Å². The van der Waals surface area contributed by atoms with Gasteiger partial charge in [0.25, 0.3) is 0 Å². The number of nitrogens with one attached hydrogen (secondary N) is 1. The summed E-state index contributed by atoms with van der Waals surface area (Å²) in [6.45, 7) is 5.64. The molecule has 0 amide bonds. The molecule has 0 radical (unpaired) electrons. The van der Waals surface area contributed by atoms with Crippen molar-refractivity contribution in [1.29, 1.82) is 5.26 Å². The highest BCUT2D eigenvalue weighted by Crippen LogP contribution is 2.37.